The van der Waals surface area contributed by atoms with Crippen molar-refractivity contribution in [1.82, 2.24) is 20.1 Å². The Bertz CT molecular complexity index is 880. The van der Waals surface area contributed by atoms with Crippen LogP contribution in [0.25, 0.3) is 10.9 Å². The molecule has 3 rings (SSSR count). The van der Waals surface area contributed by atoms with Crippen LogP contribution in [0.5, 0.6) is 0 Å². The Morgan fingerprint density at radius 2 is 2.14 bits per heavy atom. The summed E-state index contributed by atoms with van der Waals surface area (Å²) in [6.07, 6.45) is 0. The topological polar surface area (TPSA) is 69.8 Å². The van der Waals surface area contributed by atoms with Gasteiger partial charge in [0, 0.05) is 50.9 Å². The number of aryl methyl sites for hydroxylation is 1. The molecule has 0 spiro atoms. The molecule has 1 aliphatic rings. The third-order valence-electron chi connectivity index (χ3n) is 5.10. The van der Waals surface area contributed by atoms with Crippen LogP contribution in [-0.2, 0) is 16.0 Å². The van der Waals surface area contributed by atoms with E-state index >= 15 is 0 Å². The highest BCUT2D eigenvalue weighted by Crippen LogP contribution is 2.14. The number of methoxy groups -OCH3 is 1. The zero-order chi connectivity index (χ0) is 20.6. The van der Waals surface area contributed by atoms with Gasteiger partial charge in [0.25, 0.3) is 5.56 Å². The van der Waals surface area contributed by atoms with E-state index in [2.05, 4.69) is 26.2 Å². The van der Waals surface area contributed by atoms with Gasteiger partial charge in [-0.25, -0.2) is 0 Å². The second-order valence-corrected chi connectivity index (χ2v) is 7.70. The van der Waals surface area contributed by atoms with Crippen molar-refractivity contribution in [2.24, 2.45) is 0 Å². The first-order valence-corrected chi connectivity index (χ1v) is 10.4. The van der Waals surface area contributed by atoms with Crippen molar-refractivity contribution in [3.8, 4) is 0 Å². The monoisotopic (exact) mass is 418 g/mol. The molecule has 29 heavy (non-hydrogen) atoms. The van der Waals surface area contributed by atoms with E-state index in [0.29, 0.717) is 30.4 Å². The summed E-state index contributed by atoms with van der Waals surface area (Å²) in [5.74, 6) is 0. The number of hydrogen-bond donors (Lipinski definition) is 2. The van der Waals surface area contributed by atoms with E-state index in [9.17, 15) is 4.79 Å². The van der Waals surface area contributed by atoms with E-state index in [1.165, 1.54) is 0 Å². The number of fused-ring (bicyclic) bond motifs is 1. The van der Waals surface area contributed by atoms with Gasteiger partial charge in [-0.05, 0) is 42.7 Å². The number of benzene rings is 1. The van der Waals surface area contributed by atoms with Crippen molar-refractivity contribution >= 4 is 28.2 Å². The second kappa shape index (κ2) is 10.7. The molecule has 7 nitrogen and oxygen atoms in total. The fourth-order valence-electron chi connectivity index (χ4n) is 3.41. The summed E-state index contributed by atoms with van der Waals surface area (Å²) < 4.78 is 10.5. The Morgan fingerprint density at radius 3 is 2.90 bits per heavy atom. The Labute approximate surface area is 177 Å². The molecular formula is C21H30N4O3S. The van der Waals surface area contributed by atoms with Crippen LogP contribution in [0.2, 0.25) is 0 Å². The zero-order valence-corrected chi connectivity index (χ0v) is 18.0. The summed E-state index contributed by atoms with van der Waals surface area (Å²) in [7, 11) is 1.66. The maximum absolute atomic E-state index is 12.6. The van der Waals surface area contributed by atoms with Crippen molar-refractivity contribution in [2.75, 3.05) is 59.7 Å². The van der Waals surface area contributed by atoms with E-state index < -0.39 is 0 Å². The highest BCUT2D eigenvalue weighted by molar-refractivity contribution is 7.80. The molecule has 0 unspecified atom stereocenters. The summed E-state index contributed by atoms with van der Waals surface area (Å²) in [5.41, 5.74) is 2.65. The molecule has 8 heteroatoms. The second-order valence-electron chi connectivity index (χ2n) is 7.31. The van der Waals surface area contributed by atoms with Crippen LogP contribution in [0, 0.1) is 6.92 Å². The van der Waals surface area contributed by atoms with Crippen molar-refractivity contribution in [2.45, 2.75) is 13.5 Å². The molecule has 1 aromatic carbocycles. The number of H-pyrrole nitrogens is 1. The fraction of sp³-hybridized carbons (Fsp3) is 0.524. The van der Waals surface area contributed by atoms with Gasteiger partial charge in [-0.1, -0.05) is 11.6 Å². The number of aromatic nitrogens is 1. The lowest BCUT2D eigenvalue weighted by Gasteiger charge is -2.31. The molecule has 2 N–H and O–H groups in total. The van der Waals surface area contributed by atoms with Gasteiger partial charge in [0.15, 0.2) is 5.11 Å². The molecule has 2 heterocycles. The van der Waals surface area contributed by atoms with Gasteiger partial charge in [0.05, 0.1) is 26.4 Å². The summed E-state index contributed by atoms with van der Waals surface area (Å²) >= 11 is 5.62. The molecule has 0 bridgehead atoms. The lowest BCUT2D eigenvalue weighted by atomic mass is 10.1. The predicted octanol–water partition coefficient (Wildman–Crippen LogP) is 1.49. The number of nitrogens with zero attached hydrogens (tertiary/aromatic N) is 2. The van der Waals surface area contributed by atoms with Gasteiger partial charge in [-0.15, -0.1) is 0 Å². The highest BCUT2D eigenvalue weighted by atomic mass is 32.1. The largest absolute Gasteiger partial charge is 0.383 e. The van der Waals surface area contributed by atoms with Crippen LogP contribution in [0.1, 0.15) is 11.1 Å². The van der Waals surface area contributed by atoms with Crippen molar-refractivity contribution in [3.63, 3.8) is 0 Å². The van der Waals surface area contributed by atoms with Gasteiger partial charge in [0.1, 0.15) is 0 Å². The molecule has 1 aliphatic heterocycles. The van der Waals surface area contributed by atoms with Crippen LogP contribution >= 0.6 is 12.2 Å². The summed E-state index contributed by atoms with van der Waals surface area (Å²) in [6.45, 7) is 8.71. The smallest absolute Gasteiger partial charge is 0.253 e. The number of nitrogens with one attached hydrogen (secondary N) is 2. The summed E-state index contributed by atoms with van der Waals surface area (Å²) in [4.78, 5) is 20.1. The van der Waals surface area contributed by atoms with E-state index in [-0.39, 0.29) is 5.56 Å². The maximum atomic E-state index is 12.6. The van der Waals surface area contributed by atoms with Crippen LogP contribution < -0.4 is 10.9 Å². The first-order valence-electron chi connectivity index (χ1n) is 10.0. The Morgan fingerprint density at radius 1 is 1.34 bits per heavy atom. The number of hydrogen-bond acceptors (Lipinski definition) is 5. The molecular weight excluding hydrogens is 388 g/mol. The van der Waals surface area contributed by atoms with Crippen LogP contribution in [0.15, 0.2) is 29.1 Å². The van der Waals surface area contributed by atoms with Gasteiger partial charge >= 0.3 is 0 Å². The predicted molar refractivity (Wildman–Crippen MR) is 119 cm³/mol. The van der Waals surface area contributed by atoms with E-state index in [4.69, 9.17) is 21.7 Å². The molecule has 1 fully saturated rings. The number of rotatable bonds is 8. The van der Waals surface area contributed by atoms with Gasteiger partial charge in [-0.2, -0.15) is 0 Å². The number of aromatic amines is 1. The van der Waals surface area contributed by atoms with Crippen molar-refractivity contribution < 1.29 is 9.47 Å². The van der Waals surface area contributed by atoms with Crippen molar-refractivity contribution in [1.29, 1.82) is 0 Å². The van der Waals surface area contributed by atoms with Gasteiger partial charge in [0.2, 0.25) is 0 Å². The standard InChI is InChI=1S/C21H30N4O3S/c1-16-3-4-19-17(13-16)14-18(20(26)23-19)15-25(21(29)22-5-10-27-2)7-6-24-8-11-28-12-9-24/h3-4,13-14H,5-12,15H2,1-2H3,(H,22,29)(H,23,26). The summed E-state index contributed by atoms with van der Waals surface area (Å²) in [5, 5.41) is 4.91. The average molecular weight is 419 g/mol. The first-order chi connectivity index (χ1) is 14.1. The molecule has 158 valence electrons. The molecule has 1 saturated heterocycles. The third-order valence-corrected chi connectivity index (χ3v) is 5.50. The van der Waals surface area contributed by atoms with Gasteiger partial charge in [-0.3, -0.25) is 9.69 Å². The number of thiocarbonyl (C=S) groups is 1. The fourth-order valence-corrected chi connectivity index (χ4v) is 3.66. The van der Waals surface area contributed by atoms with Crippen LogP contribution in [0.3, 0.4) is 0 Å². The average Bonchev–Trinajstić information content (AvgIpc) is 2.72. The molecule has 0 amide bonds. The molecule has 0 atom stereocenters. The Balaban J connectivity index is 1.75. The van der Waals surface area contributed by atoms with Crippen molar-refractivity contribution in [3.05, 3.63) is 45.7 Å². The number of morpholine rings is 1. The zero-order valence-electron chi connectivity index (χ0n) is 17.2. The first kappa shape index (κ1) is 21.7. The van der Waals surface area contributed by atoms with Gasteiger partial charge < -0.3 is 24.7 Å². The van der Waals surface area contributed by atoms with E-state index in [0.717, 1.165) is 55.9 Å². The van der Waals surface area contributed by atoms with E-state index in [1.807, 2.05) is 25.1 Å². The van der Waals surface area contributed by atoms with E-state index in [1.54, 1.807) is 7.11 Å². The van der Waals surface area contributed by atoms with Crippen LogP contribution in [-0.4, -0.2) is 79.6 Å². The Hall–Kier alpha value is -2.00. The molecule has 0 radical (unpaired) electrons. The quantitative estimate of drug-likeness (QED) is 0.497. The minimum Gasteiger partial charge on any atom is -0.383 e. The minimum absolute atomic E-state index is 0.0718. The number of pyridine rings is 1. The van der Waals surface area contributed by atoms with Crippen LogP contribution in [0.4, 0.5) is 0 Å². The maximum Gasteiger partial charge on any atom is 0.253 e. The molecule has 2 aromatic rings. The Kier molecular flexibility index (Phi) is 8.00. The summed E-state index contributed by atoms with van der Waals surface area (Å²) in [6, 6.07) is 8.01. The third kappa shape index (κ3) is 6.24. The lowest BCUT2D eigenvalue weighted by molar-refractivity contribution is 0.0357. The number of ether oxygens (including phenoxy) is 2. The molecule has 0 aliphatic carbocycles. The minimum atomic E-state index is -0.0718. The molecule has 1 aromatic heterocycles. The highest BCUT2D eigenvalue weighted by Gasteiger charge is 2.16. The molecule has 0 saturated carbocycles. The lowest BCUT2D eigenvalue weighted by Crippen LogP contribution is -2.46. The normalized spacial score (nSPS) is 14.8. The SMILES string of the molecule is COCCNC(=S)N(CCN1CCOCC1)Cc1cc2cc(C)ccc2[nH]c1=O.